The van der Waals surface area contributed by atoms with Gasteiger partial charge in [0.1, 0.15) is 18.2 Å². The third-order valence-corrected chi connectivity index (χ3v) is 7.22. The number of benzene rings is 1. The van der Waals surface area contributed by atoms with Gasteiger partial charge in [-0.2, -0.15) is 0 Å². The van der Waals surface area contributed by atoms with Crippen LogP contribution in [-0.2, 0) is 31.1 Å². The smallest absolute Gasteiger partial charge is 0.326 e. The minimum absolute atomic E-state index is 0.125. The van der Waals surface area contributed by atoms with Crippen molar-refractivity contribution in [2.45, 2.75) is 69.7 Å². The van der Waals surface area contributed by atoms with E-state index in [9.17, 15) is 19.5 Å². The Morgan fingerprint density at radius 1 is 1.29 bits per heavy atom. The van der Waals surface area contributed by atoms with Crippen molar-refractivity contribution in [1.29, 1.82) is 0 Å². The summed E-state index contributed by atoms with van der Waals surface area (Å²) in [6.45, 7) is 5.17. The fourth-order valence-corrected chi connectivity index (χ4v) is 5.36. The summed E-state index contributed by atoms with van der Waals surface area (Å²) in [5.74, 6) is -0.872. The number of aliphatic carboxylic acids is 1. The van der Waals surface area contributed by atoms with Crippen molar-refractivity contribution in [3.8, 4) is 11.5 Å². The zero-order chi connectivity index (χ0) is 25.3. The third kappa shape index (κ3) is 4.87. The standard InChI is InChI=1S/C26H34N2O7/c1-15(2)23(25(31)32)27-20(29)7-8-21(30)34-17-9-10-26-11-12-28(3)14-16-5-6-18(33-4)24(22(16)26)35-19(26)13-17/h5-6,9-10,15,17,19,23H,7-8,11-14H2,1-4H3,(H,27,29)(H,31,32). The predicted octanol–water partition coefficient (Wildman–Crippen LogP) is 2.41. The van der Waals surface area contributed by atoms with Gasteiger partial charge in [0.15, 0.2) is 11.5 Å². The van der Waals surface area contributed by atoms with E-state index in [1.54, 1.807) is 21.0 Å². The van der Waals surface area contributed by atoms with Gasteiger partial charge >= 0.3 is 11.9 Å². The largest absolute Gasteiger partial charge is 0.493 e. The Kier molecular flexibility index (Phi) is 7.07. The summed E-state index contributed by atoms with van der Waals surface area (Å²) in [5, 5.41) is 11.7. The highest BCUT2D eigenvalue weighted by atomic mass is 16.6. The number of rotatable bonds is 8. The van der Waals surface area contributed by atoms with Crippen LogP contribution in [0.15, 0.2) is 24.3 Å². The van der Waals surface area contributed by atoms with Crippen molar-refractivity contribution in [3.05, 3.63) is 35.4 Å². The second-order valence-corrected chi connectivity index (χ2v) is 10.0. The lowest BCUT2D eigenvalue weighted by Crippen LogP contribution is -2.44. The van der Waals surface area contributed by atoms with Crippen LogP contribution < -0.4 is 14.8 Å². The number of carbonyl (C=O) groups excluding carboxylic acids is 2. The Bertz CT molecular complexity index is 1040. The van der Waals surface area contributed by atoms with E-state index < -0.39 is 30.0 Å². The Morgan fingerprint density at radius 2 is 2.06 bits per heavy atom. The SMILES string of the molecule is COc1ccc2c3c1OC1CC(OC(=O)CCC(=O)NC(C(=O)O)C(C)C)C=CC31CCN(C)C2. The molecule has 35 heavy (non-hydrogen) atoms. The maximum Gasteiger partial charge on any atom is 0.326 e. The number of ether oxygens (including phenoxy) is 3. The van der Waals surface area contributed by atoms with Gasteiger partial charge in [0, 0.05) is 24.9 Å². The number of carboxylic acid groups (broad SMARTS) is 1. The second-order valence-electron chi connectivity index (χ2n) is 10.0. The van der Waals surface area contributed by atoms with Crippen LogP contribution in [0.25, 0.3) is 0 Å². The van der Waals surface area contributed by atoms with Crippen molar-refractivity contribution in [2.24, 2.45) is 5.92 Å². The predicted molar refractivity (Wildman–Crippen MR) is 127 cm³/mol. The molecule has 1 aromatic rings. The van der Waals surface area contributed by atoms with Crippen LogP contribution in [-0.4, -0.2) is 66.8 Å². The van der Waals surface area contributed by atoms with E-state index in [0.29, 0.717) is 12.2 Å². The first-order valence-electron chi connectivity index (χ1n) is 12.1. The first kappa shape index (κ1) is 25.0. The Balaban J connectivity index is 1.42. The summed E-state index contributed by atoms with van der Waals surface area (Å²) in [6, 6.07) is 3.06. The van der Waals surface area contributed by atoms with Gasteiger partial charge in [0.05, 0.1) is 18.9 Å². The van der Waals surface area contributed by atoms with Gasteiger partial charge in [0.25, 0.3) is 0 Å². The first-order valence-corrected chi connectivity index (χ1v) is 12.1. The van der Waals surface area contributed by atoms with E-state index in [1.165, 1.54) is 11.1 Å². The molecule has 2 aliphatic heterocycles. The summed E-state index contributed by atoms with van der Waals surface area (Å²) in [5.41, 5.74) is 2.09. The number of amides is 1. The van der Waals surface area contributed by atoms with Crippen LogP contribution >= 0.6 is 0 Å². The molecule has 9 nitrogen and oxygen atoms in total. The molecular weight excluding hydrogens is 452 g/mol. The minimum atomic E-state index is -1.10. The Hall–Kier alpha value is -3.07. The van der Waals surface area contributed by atoms with Crippen molar-refractivity contribution in [1.82, 2.24) is 10.2 Å². The summed E-state index contributed by atoms with van der Waals surface area (Å²) < 4.78 is 17.7. The van der Waals surface area contributed by atoms with Gasteiger partial charge in [-0.05, 0) is 43.6 Å². The monoisotopic (exact) mass is 486 g/mol. The van der Waals surface area contributed by atoms with Crippen LogP contribution in [0.3, 0.4) is 0 Å². The van der Waals surface area contributed by atoms with Crippen LogP contribution in [0.5, 0.6) is 11.5 Å². The molecule has 0 fully saturated rings. The number of carboxylic acids is 1. The molecule has 1 spiro atoms. The quantitative estimate of drug-likeness (QED) is 0.425. The van der Waals surface area contributed by atoms with Crippen molar-refractivity contribution < 1.29 is 33.7 Å². The van der Waals surface area contributed by atoms with Crippen LogP contribution in [0.1, 0.15) is 50.7 Å². The number of hydrogen-bond donors (Lipinski definition) is 2. The van der Waals surface area contributed by atoms with Crippen LogP contribution in [0.2, 0.25) is 0 Å². The van der Waals surface area contributed by atoms with E-state index in [-0.39, 0.29) is 30.3 Å². The number of hydrogen-bond acceptors (Lipinski definition) is 7. The molecule has 3 aliphatic rings. The van der Waals surface area contributed by atoms with Gasteiger partial charge in [0.2, 0.25) is 5.91 Å². The molecule has 1 aliphatic carbocycles. The highest BCUT2D eigenvalue weighted by Gasteiger charge is 2.53. The fraction of sp³-hybridized carbons (Fsp3) is 0.577. The molecular formula is C26H34N2O7. The highest BCUT2D eigenvalue weighted by molar-refractivity contribution is 5.86. The summed E-state index contributed by atoms with van der Waals surface area (Å²) in [4.78, 5) is 38.2. The van der Waals surface area contributed by atoms with Crippen molar-refractivity contribution in [3.63, 3.8) is 0 Å². The Morgan fingerprint density at radius 3 is 2.74 bits per heavy atom. The summed E-state index contributed by atoms with van der Waals surface area (Å²) in [6.07, 6.45) is 4.54. The van der Waals surface area contributed by atoms with E-state index in [0.717, 1.165) is 25.3 Å². The molecule has 190 valence electrons. The van der Waals surface area contributed by atoms with Gasteiger partial charge in [-0.15, -0.1) is 0 Å². The molecule has 4 atom stereocenters. The molecule has 0 saturated heterocycles. The van der Waals surface area contributed by atoms with Gasteiger partial charge < -0.3 is 29.5 Å². The fourth-order valence-electron chi connectivity index (χ4n) is 5.36. The van der Waals surface area contributed by atoms with Crippen LogP contribution in [0.4, 0.5) is 0 Å². The molecule has 0 saturated carbocycles. The van der Waals surface area contributed by atoms with Gasteiger partial charge in [-0.1, -0.05) is 26.0 Å². The maximum absolute atomic E-state index is 12.5. The Labute approximate surface area is 205 Å². The lowest BCUT2D eigenvalue weighted by Gasteiger charge is -2.36. The number of esters is 1. The molecule has 0 aromatic heterocycles. The summed E-state index contributed by atoms with van der Waals surface area (Å²) >= 11 is 0. The lowest BCUT2D eigenvalue weighted by molar-refractivity contribution is -0.149. The molecule has 1 aromatic carbocycles. The van der Waals surface area contributed by atoms with Crippen molar-refractivity contribution in [2.75, 3.05) is 20.7 Å². The molecule has 2 heterocycles. The molecule has 9 heteroatoms. The molecule has 0 radical (unpaired) electrons. The van der Waals surface area contributed by atoms with E-state index >= 15 is 0 Å². The normalized spacial score (nSPS) is 25.6. The van der Waals surface area contributed by atoms with Crippen molar-refractivity contribution >= 4 is 17.8 Å². The average molecular weight is 487 g/mol. The minimum Gasteiger partial charge on any atom is -0.493 e. The van der Waals surface area contributed by atoms with Gasteiger partial charge in [-0.25, -0.2) is 4.79 Å². The van der Waals surface area contributed by atoms with E-state index in [2.05, 4.69) is 29.4 Å². The molecule has 0 bridgehead atoms. The number of carbonyl (C=O) groups is 3. The number of nitrogens with one attached hydrogen (secondary N) is 1. The first-order chi connectivity index (χ1) is 16.6. The third-order valence-electron chi connectivity index (χ3n) is 7.22. The maximum atomic E-state index is 12.5. The highest BCUT2D eigenvalue weighted by Crippen LogP contribution is 2.55. The zero-order valence-corrected chi connectivity index (χ0v) is 20.7. The van der Waals surface area contributed by atoms with Gasteiger partial charge in [-0.3, -0.25) is 9.59 Å². The molecule has 1 amide bonds. The molecule has 4 unspecified atom stereocenters. The van der Waals surface area contributed by atoms with Crippen LogP contribution in [0, 0.1) is 5.92 Å². The second kappa shape index (κ2) is 9.89. The molecule has 4 rings (SSSR count). The average Bonchev–Trinajstić information content (AvgIpc) is 3.07. The zero-order valence-electron chi connectivity index (χ0n) is 20.7. The number of nitrogens with zero attached hydrogens (tertiary/aromatic N) is 1. The van der Waals surface area contributed by atoms with E-state index in [1.807, 2.05) is 12.1 Å². The number of methoxy groups -OCH3 is 1. The topological polar surface area (TPSA) is 114 Å². The lowest BCUT2D eigenvalue weighted by atomic mass is 9.69. The molecule has 2 N–H and O–H groups in total. The summed E-state index contributed by atoms with van der Waals surface area (Å²) in [7, 11) is 3.74. The van der Waals surface area contributed by atoms with E-state index in [4.69, 9.17) is 14.2 Å².